The summed E-state index contributed by atoms with van der Waals surface area (Å²) >= 11 is 0. The number of benzene rings is 1. The van der Waals surface area contributed by atoms with E-state index in [1.54, 1.807) is 12.3 Å². The van der Waals surface area contributed by atoms with Crippen LogP contribution < -0.4 is 5.73 Å². The third-order valence-electron chi connectivity index (χ3n) is 2.69. The van der Waals surface area contributed by atoms with Gasteiger partial charge >= 0.3 is 0 Å². The number of pyridine rings is 1. The highest BCUT2D eigenvalue weighted by molar-refractivity contribution is 5.30. The molecule has 0 aliphatic heterocycles. The number of rotatable bonds is 3. The van der Waals surface area contributed by atoms with E-state index in [4.69, 9.17) is 5.73 Å². The van der Waals surface area contributed by atoms with Crippen LogP contribution in [0.4, 0.5) is 4.39 Å². The minimum atomic E-state index is -0.208. The Balaban J connectivity index is 2.29. The van der Waals surface area contributed by atoms with Crippen LogP contribution in [0.25, 0.3) is 0 Å². The summed E-state index contributed by atoms with van der Waals surface area (Å²) in [6.07, 6.45) is 2.20. The minimum Gasteiger partial charge on any atom is -0.324 e. The topological polar surface area (TPSA) is 38.9 Å². The Labute approximate surface area is 100 Å². The lowest BCUT2D eigenvalue weighted by atomic mass is 10.0. The molecule has 2 rings (SSSR count). The molecule has 0 saturated heterocycles. The molecule has 0 bridgehead atoms. The van der Waals surface area contributed by atoms with E-state index in [0.29, 0.717) is 12.0 Å². The second kappa shape index (κ2) is 5.06. The van der Waals surface area contributed by atoms with Crippen LogP contribution in [0.2, 0.25) is 0 Å². The van der Waals surface area contributed by atoms with E-state index >= 15 is 0 Å². The quantitative estimate of drug-likeness (QED) is 0.880. The van der Waals surface area contributed by atoms with Crippen LogP contribution in [-0.4, -0.2) is 4.98 Å². The van der Waals surface area contributed by atoms with Crippen molar-refractivity contribution in [1.82, 2.24) is 4.98 Å². The second-order valence-electron chi connectivity index (χ2n) is 4.14. The molecule has 1 unspecified atom stereocenters. The largest absolute Gasteiger partial charge is 0.324 e. The zero-order valence-electron chi connectivity index (χ0n) is 9.73. The fourth-order valence-electron chi connectivity index (χ4n) is 1.71. The van der Waals surface area contributed by atoms with Gasteiger partial charge in [0.2, 0.25) is 0 Å². The van der Waals surface area contributed by atoms with Crippen molar-refractivity contribution in [3.8, 4) is 0 Å². The number of nitrogens with two attached hydrogens (primary N) is 1. The zero-order valence-corrected chi connectivity index (χ0v) is 9.73. The molecule has 0 spiro atoms. The van der Waals surface area contributed by atoms with Crippen molar-refractivity contribution < 1.29 is 4.39 Å². The Morgan fingerprint density at radius 3 is 2.76 bits per heavy atom. The highest BCUT2D eigenvalue weighted by Gasteiger charge is 2.07. The van der Waals surface area contributed by atoms with E-state index in [2.05, 4.69) is 4.98 Å². The number of nitrogens with zero attached hydrogens (tertiary/aromatic N) is 1. The lowest BCUT2D eigenvalue weighted by molar-refractivity contribution is 0.611. The van der Waals surface area contributed by atoms with E-state index in [9.17, 15) is 4.39 Å². The molecule has 2 N–H and O–H groups in total. The molecule has 0 saturated carbocycles. The molecule has 1 heterocycles. The van der Waals surface area contributed by atoms with Gasteiger partial charge in [-0.05, 0) is 36.2 Å². The molecule has 1 atom stereocenters. The number of hydrogen-bond acceptors (Lipinski definition) is 2. The molecular weight excluding hydrogens is 215 g/mol. The van der Waals surface area contributed by atoms with Crippen LogP contribution in [0.3, 0.4) is 0 Å². The highest BCUT2D eigenvalue weighted by atomic mass is 19.1. The third kappa shape index (κ3) is 2.88. The second-order valence-corrected chi connectivity index (χ2v) is 4.14. The molecular formula is C14H15FN2. The fraction of sp³-hybridized carbons (Fsp3) is 0.214. The summed E-state index contributed by atoms with van der Waals surface area (Å²) in [6.45, 7) is 1.89. The predicted octanol–water partition coefficient (Wildman–Crippen LogP) is 2.83. The van der Waals surface area contributed by atoms with Crippen molar-refractivity contribution in [3.63, 3.8) is 0 Å². The number of halogens is 1. The molecule has 17 heavy (non-hydrogen) atoms. The molecule has 88 valence electrons. The maximum absolute atomic E-state index is 13.7. The van der Waals surface area contributed by atoms with E-state index in [-0.39, 0.29) is 11.9 Å². The first-order valence-electron chi connectivity index (χ1n) is 5.60. The Bertz CT molecular complexity index is 495. The van der Waals surface area contributed by atoms with Gasteiger partial charge in [-0.1, -0.05) is 18.2 Å². The summed E-state index contributed by atoms with van der Waals surface area (Å²) in [5, 5.41) is 0. The van der Waals surface area contributed by atoms with Crippen molar-refractivity contribution in [3.05, 3.63) is 65.2 Å². The van der Waals surface area contributed by atoms with Gasteiger partial charge < -0.3 is 5.73 Å². The first-order chi connectivity index (χ1) is 8.16. The lowest BCUT2D eigenvalue weighted by Gasteiger charge is -2.09. The van der Waals surface area contributed by atoms with Gasteiger partial charge in [-0.2, -0.15) is 0 Å². The fourth-order valence-corrected chi connectivity index (χ4v) is 1.71. The molecule has 1 aromatic heterocycles. The summed E-state index contributed by atoms with van der Waals surface area (Å²) in [4.78, 5) is 4.19. The van der Waals surface area contributed by atoms with E-state index < -0.39 is 0 Å². The van der Waals surface area contributed by atoms with Gasteiger partial charge in [0.15, 0.2) is 0 Å². The van der Waals surface area contributed by atoms with E-state index in [0.717, 1.165) is 11.3 Å². The molecule has 0 aliphatic carbocycles. The zero-order chi connectivity index (χ0) is 12.3. The molecule has 2 aromatic rings. The highest BCUT2D eigenvalue weighted by Crippen LogP contribution is 2.17. The SMILES string of the molecule is CC(N)c1ccc(F)c(Cc2ccccn2)c1. The van der Waals surface area contributed by atoms with Gasteiger partial charge in [-0.15, -0.1) is 0 Å². The van der Waals surface area contributed by atoms with Crippen LogP contribution in [0, 0.1) is 5.82 Å². The first kappa shape index (κ1) is 11.7. The van der Waals surface area contributed by atoms with Gasteiger partial charge in [0.1, 0.15) is 5.82 Å². The molecule has 2 nitrogen and oxygen atoms in total. The third-order valence-corrected chi connectivity index (χ3v) is 2.69. The smallest absolute Gasteiger partial charge is 0.126 e. The van der Waals surface area contributed by atoms with Crippen molar-refractivity contribution >= 4 is 0 Å². The normalized spacial score (nSPS) is 12.4. The van der Waals surface area contributed by atoms with Crippen molar-refractivity contribution in [2.24, 2.45) is 5.73 Å². The summed E-state index contributed by atoms with van der Waals surface area (Å²) in [5.74, 6) is -0.208. The lowest BCUT2D eigenvalue weighted by Crippen LogP contribution is -2.06. The first-order valence-corrected chi connectivity index (χ1v) is 5.60. The minimum absolute atomic E-state index is 0.0851. The van der Waals surface area contributed by atoms with Crippen molar-refractivity contribution in [2.45, 2.75) is 19.4 Å². The Hall–Kier alpha value is -1.74. The monoisotopic (exact) mass is 230 g/mol. The molecule has 0 fully saturated rings. The van der Waals surface area contributed by atoms with E-state index in [1.165, 1.54) is 6.07 Å². The summed E-state index contributed by atoms with van der Waals surface area (Å²) in [6, 6.07) is 10.6. The Kier molecular flexibility index (Phi) is 3.49. The molecule has 1 aromatic carbocycles. The van der Waals surface area contributed by atoms with Gasteiger partial charge in [0.05, 0.1) is 0 Å². The average molecular weight is 230 g/mol. The molecule has 0 amide bonds. The van der Waals surface area contributed by atoms with Crippen molar-refractivity contribution in [2.75, 3.05) is 0 Å². The molecule has 3 heteroatoms. The Morgan fingerprint density at radius 1 is 1.29 bits per heavy atom. The van der Waals surface area contributed by atoms with Crippen molar-refractivity contribution in [1.29, 1.82) is 0 Å². The van der Waals surface area contributed by atoms with Gasteiger partial charge in [0, 0.05) is 24.4 Å². The Morgan fingerprint density at radius 2 is 2.12 bits per heavy atom. The van der Waals surface area contributed by atoms with Crippen LogP contribution in [0.15, 0.2) is 42.6 Å². The van der Waals surface area contributed by atoms with Crippen LogP contribution in [0.1, 0.15) is 29.8 Å². The number of hydrogen-bond donors (Lipinski definition) is 1. The molecule has 0 radical (unpaired) electrons. The summed E-state index contributed by atoms with van der Waals surface area (Å²) < 4.78 is 13.7. The predicted molar refractivity (Wildman–Crippen MR) is 66.0 cm³/mol. The maximum Gasteiger partial charge on any atom is 0.126 e. The maximum atomic E-state index is 13.7. The van der Waals surface area contributed by atoms with E-state index in [1.807, 2.05) is 31.2 Å². The van der Waals surface area contributed by atoms with Gasteiger partial charge in [-0.3, -0.25) is 4.98 Å². The summed E-state index contributed by atoms with van der Waals surface area (Å²) in [5.41, 5.74) is 8.22. The van der Waals surface area contributed by atoms with Crippen LogP contribution in [0.5, 0.6) is 0 Å². The number of aromatic nitrogens is 1. The molecule has 0 aliphatic rings. The van der Waals surface area contributed by atoms with Crippen LogP contribution in [-0.2, 0) is 6.42 Å². The summed E-state index contributed by atoms with van der Waals surface area (Å²) in [7, 11) is 0. The van der Waals surface area contributed by atoms with Crippen LogP contribution >= 0.6 is 0 Å². The standard InChI is InChI=1S/C14H15FN2/c1-10(16)11-5-6-14(15)12(8-11)9-13-4-2-3-7-17-13/h2-8,10H,9,16H2,1H3. The van der Waals surface area contributed by atoms with Gasteiger partial charge in [-0.25, -0.2) is 4.39 Å². The average Bonchev–Trinajstić information content (AvgIpc) is 2.33. The van der Waals surface area contributed by atoms with Gasteiger partial charge in [0.25, 0.3) is 0 Å².